The van der Waals surface area contributed by atoms with Crippen molar-refractivity contribution in [2.24, 2.45) is 5.10 Å². The monoisotopic (exact) mass is 394 g/mol. The van der Waals surface area contributed by atoms with Crippen molar-refractivity contribution < 1.29 is 9.18 Å². The number of hydrazone groups is 1. The SMILES string of the molecule is CC1=CC(C)(C)N(C)c2cc(F)c(/C=N\NC(=O)c3cccc(N(C)C)c3)cc21. The van der Waals surface area contributed by atoms with Gasteiger partial charge in [-0.1, -0.05) is 12.1 Å². The number of carbonyl (C=O) groups excluding carboxylic acids is 1. The molecule has 1 aliphatic rings. The molecule has 0 aromatic heterocycles. The molecule has 0 aliphatic carbocycles. The van der Waals surface area contributed by atoms with Crippen LogP contribution in [0.15, 0.2) is 47.6 Å². The second-order valence-corrected chi connectivity index (χ2v) is 8.07. The molecule has 0 fully saturated rings. The van der Waals surface area contributed by atoms with Crippen molar-refractivity contribution in [3.05, 3.63) is 65.0 Å². The maximum atomic E-state index is 14.7. The fraction of sp³-hybridized carbons (Fsp3) is 0.304. The van der Waals surface area contributed by atoms with E-state index in [1.165, 1.54) is 12.3 Å². The van der Waals surface area contributed by atoms with E-state index >= 15 is 0 Å². The predicted octanol–water partition coefficient (Wildman–Crippen LogP) is 4.29. The van der Waals surface area contributed by atoms with Gasteiger partial charge in [-0.3, -0.25) is 4.79 Å². The van der Waals surface area contributed by atoms with E-state index in [9.17, 15) is 9.18 Å². The molecule has 0 unspecified atom stereocenters. The molecule has 1 heterocycles. The first kappa shape index (κ1) is 20.6. The zero-order chi connectivity index (χ0) is 21.3. The topological polar surface area (TPSA) is 47.9 Å². The summed E-state index contributed by atoms with van der Waals surface area (Å²) in [5.41, 5.74) is 6.90. The number of nitrogens with zero attached hydrogens (tertiary/aromatic N) is 3. The van der Waals surface area contributed by atoms with Crippen LogP contribution in [0.4, 0.5) is 15.8 Å². The van der Waals surface area contributed by atoms with Crippen molar-refractivity contribution in [2.75, 3.05) is 30.9 Å². The molecule has 0 saturated heterocycles. The van der Waals surface area contributed by atoms with Crippen molar-refractivity contribution in [2.45, 2.75) is 26.3 Å². The molecule has 3 rings (SSSR count). The van der Waals surface area contributed by atoms with Gasteiger partial charge in [0.15, 0.2) is 0 Å². The number of anilines is 2. The number of allylic oxidation sites excluding steroid dienone is 1. The summed E-state index contributed by atoms with van der Waals surface area (Å²) in [7, 11) is 5.77. The van der Waals surface area contributed by atoms with Gasteiger partial charge < -0.3 is 9.80 Å². The Morgan fingerprint density at radius 1 is 1.24 bits per heavy atom. The number of fused-ring (bicyclic) bond motifs is 1. The maximum Gasteiger partial charge on any atom is 0.271 e. The fourth-order valence-corrected chi connectivity index (χ4v) is 3.44. The van der Waals surface area contributed by atoms with E-state index < -0.39 is 0 Å². The third-order valence-electron chi connectivity index (χ3n) is 5.33. The smallest absolute Gasteiger partial charge is 0.271 e. The fourth-order valence-electron chi connectivity index (χ4n) is 3.44. The molecule has 1 N–H and O–H groups in total. The summed E-state index contributed by atoms with van der Waals surface area (Å²) >= 11 is 0. The summed E-state index contributed by atoms with van der Waals surface area (Å²) in [5, 5.41) is 3.96. The van der Waals surface area contributed by atoms with E-state index in [0.29, 0.717) is 11.1 Å². The lowest BCUT2D eigenvalue weighted by Crippen LogP contribution is -2.42. The number of hydrogen-bond donors (Lipinski definition) is 1. The number of benzene rings is 2. The maximum absolute atomic E-state index is 14.7. The third-order valence-corrected chi connectivity index (χ3v) is 5.33. The molecule has 0 atom stereocenters. The zero-order valence-corrected chi connectivity index (χ0v) is 17.7. The van der Waals surface area contributed by atoms with Gasteiger partial charge in [0.25, 0.3) is 5.91 Å². The van der Waals surface area contributed by atoms with Crippen LogP contribution in [0.1, 0.15) is 42.3 Å². The lowest BCUT2D eigenvalue weighted by atomic mass is 9.88. The number of carbonyl (C=O) groups is 1. The minimum atomic E-state index is -0.381. The van der Waals surface area contributed by atoms with Gasteiger partial charge in [0.1, 0.15) is 5.82 Å². The van der Waals surface area contributed by atoms with Gasteiger partial charge in [0.05, 0.1) is 11.8 Å². The van der Waals surface area contributed by atoms with Crippen molar-refractivity contribution in [3.8, 4) is 0 Å². The highest BCUT2D eigenvalue weighted by Gasteiger charge is 2.29. The van der Waals surface area contributed by atoms with Crippen LogP contribution in [0.3, 0.4) is 0 Å². The van der Waals surface area contributed by atoms with Crippen LogP contribution in [-0.2, 0) is 0 Å². The summed E-state index contributed by atoms with van der Waals surface area (Å²) in [4.78, 5) is 16.3. The van der Waals surface area contributed by atoms with E-state index in [0.717, 1.165) is 22.5 Å². The van der Waals surface area contributed by atoms with Gasteiger partial charge in [0, 0.05) is 49.2 Å². The Bertz CT molecular complexity index is 1010. The van der Waals surface area contributed by atoms with Gasteiger partial charge >= 0.3 is 0 Å². The number of rotatable bonds is 4. The Hall–Kier alpha value is -3.15. The molecule has 5 nitrogen and oxygen atoms in total. The summed E-state index contributed by atoms with van der Waals surface area (Å²) in [6, 6.07) is 10.5. The molecule has 0 spiro atoms. The number of halogens is 1. The molecule has 2 aromatic rings. The number of amides is 1. The van der Waals surface area contributed by atoms with Crippen molar-refractivity contribution in [3.63, 3.8) is 0 Å². The average Bonchev–Trinajstić information content (AvgIpc) is 2.66. The molecule has 29 heavy (non-hydrogen) atoms. The van der Waals surface area contributed by atoms with Gasteiger partial charge in [-0.25, -0.2) is 9.82 Å². The lowest BCUT2D eigenvalue weighted by Gasteiger charge is -2.40. The number of nitrogens with one attached hydrogen (secondary N) is 1. The average molecular weight is 394 g/mol. The van der Waals surface area contributed by atoms with E-state index in [1.54, 1.807) is 18.2 Å². The zero-order valence-electron chi connectivity index (χ0n) is 17.7. The predicted molar refractivity (Wildman–Crippen MR) is 118 cm³/mol. The van der Waals surface area contributed by atoms with Gasteiger partial charge in [-0.05, 0) is 56.7 Å². The first-order valence-corrected chi connectivity index (χ1v) is 9.48. The highest BCUT2D eigenvalue weighted by Crippen LogP contribution is 2.38. The largest absolute Gasteiger partial charge is 0.378 e. The summed E-state index contributed by atoms with van der Waals surface area (Å²) < 4.78 is 14.7. The molecule has 6 heteroatoms. The Kier molecular flexibility index (Phi) is 5.46. The van der Waals surface area contributed by atoms with Crippen LogP contribution in [0.25, 0.3) is 5.57 Å². The Morgan fingerprint density at radius 3 is 2.66 bits per heavy atom. The van der Waals surface area contributed by atoms with Crippen LogP contribution >= 0.6 is 0 Å². The van der Waals surface area contributed by atoms with Crippen LogP contribution in [-0.4, -0.2) is 38.8 Å². The third kappa shape index (κ3) is 4.16. The van der Waals surface area contributed by atoms with E-state index in [4.69, 9.17) is 0 Å². The second kappa shape index (κ2) is 7.70. The van der Waals surface area contributed by atoms with Crippen molar-refractivity contribution >= 4 is 29.1 Å². The molecule has 2 aromatic carbocycles. The second-order valence-electron chi connectivity index (χ2n) is 8.07. The van der Waals surface area contributed by atoms with Gasteiger partial charge in [0.2, 0.25) is 0 Å². The van der Waals surface area contributed by atoms with Crippen LogP contribution in [0.5, 0.6) is 0 Å². The minimum Gasteiger partial charge on any atom is -0.378 e. The molecule has 152 valence electrons. The van der Waals surface area contributed by atoms with E-state index in [2.05, 4.69) is 35.4 Å². The van der Waals surface area contributed by atoms with Crippen molar-refractivity contribution in [1.82, 2.24) is 5.43 Å². The number of likely N-dealkylation sites (N-methyl/N-ethyl adjacent to an activating group) is 1. The normalized spacial score (nSPS) is 15.1. The minimum absolute atomic E-state index is 0.186. The van der Waals surface area contributed by atoms with Crippen LogP contribution in [0.2, 0.25) is 0 Å². The quantitative estimate of drug-likeness (QED) is 0.622. The van der Waals surface area contributed by atoms with E-state index in [-0.39, 0.29) is 17.3 Å². The van der Waals surface area contributed by atoms with Crippen LogP contribution < -0.4 is 15.2 Å². The lowest BCUT2D eigenvalue weighted by molar-refractivity contribution is 0.0955. The Balaban J connectivity index is 1.81. The molecule has 0 bridgehead atoms. The molecule has 1 aliphatic heterocycles. The molecule has 1 amide bonds. The summed E-state index contributed by atoms with van der Waals surface area (Å²) in [6.07, 6.45) is 3.50. The summed E-state index contributed by atoms with van der Waals surface area (Å²) in [5.74, 6) is -0.727. The number of hydrogen-bond acceptors (Lipinski definition) is 4. The highest BCUT2D eigenvalue weighted by atomic mass is 19.1. The molecular weight excluding hydrogens is 367 g/mol. The van der Waals surface area contributed by atoms with E-state index in [1.807, 2.05) is 45.1 Å². The highest BCUT2D eigenvalue weighted by molar-refractivity contribution is 5.96. The molecule has 0 radical (unpaired) electrons. The molecule has 0 saturated carbocycles. The van der Waals surface area contributed by atoms with Crippen molar-refractivity contribution in [1.29, 1.82) is 0 Å². The first-order valence-electron chi connectivity index (χ1n) is 9.48. The van der Waals surface area contributed by atoms with Crippen LogP contribution in [0, 0.1) is 5.82 Å². The standard InChI is InChI=1S/C23H27FN4O/c1-15-13-23(2,3)28(6)21-12-20(24)17(11-19(15)21)14-25-26-22(29)16-8-7-9-18(10-16)27(4)5/h7-14H,1-6H3,(H,26,29)/b25-14-. The van der Waals surface area contributed by atoms with Gasteiger partial charge in [-0.15, -0.1) is 0 Å². The Labute approximate surface area is 171 Å². The van der Waals surface area contributed by atoms with Gasteiger partial charge in [-0.2, -0.15) is 5.10 Å². The Morgan fingerprint density at radius 2 is 1.97 bits per heavy atom. The first-order chi connectivity index (χ1) is 13.6. The molecular formula is C23H27FN4O. The summed E-state index contributed by atoms with van der Waals surface area (Å²) in [6.45, 7) is 6.20.